The molecule has 0 atom stereocenters. The highest BCUT2D eigenvalue weighted by molar-refractivity contribution is 5.86. The first-order chi connectivity index (χ1) is 11.6. The molecule has 24 heavy (non-hydrogen) atoms. The van der Waals surface area contributed by atoms with Crippen molar-refractivity contribution in [2.24, 2.45) is 0 Å². The van der Waals surface area contributed by atoms with E-state index in [2.05, 4.69) is 22.2 Å². The van der Waals surface area contributed by atoms with Crippen molar-refractivity contribution in [2.45, 2.75) is 32.6 Å². The number of methoxy groups -OCH3 is 1. The van der Waals surface area contributed by atoms with Gasteiger partial charge in [0.05, 0.1) is 12.0 Å². The van der Waals surface area contributed by atoms with Gasteiger partial charge in [-0.1, -0.05) is 30.4 Å². The van der Waals surface area contributed by atoms with E-state index in [1.54, 1.807) is 6.92 Å². The fraction of sp³-hybridized carbons (Fsp3) is 0.389. The Morgan fingerprint density at radius 2 is 1.96 bits per heavy atom. The lowest BCUT2D eigenvalue weighted by molar-refractivity contribution is -0.422. The van der Waals surface area contributed by atoms with Crippen molar-refractivity contribution in [1.82, 2.24) is 0 Å². The van der Waals surface area contributed by atoms with Crippen LogP contribution < -0.4 is 5.32 Å². The Balaban J connectivity index is 2.26. The first kappa shape index (κ1) is 19.4. The minimum Gasteiger partial charge on any atom is -0.461 e. The average molecular weight is 332 g/mol. The number of hydrogen-bond donors (Lipinski definition) is 1. The van der Waals surface area contributed by atoms with Crippen LogP contribution in [-0.4, -0.2) is 24.5 Å². The molecule has 6 heteroatoms. The van der Waals surface area contributed by atoms with Gasteiger partial charge >= 0.3 is 11.7 Å². The number of unbranched alkanes of at least 4 members (excludes halogenated alkanes) is 2. The van der Waals surface area contributed by atoms with Gasteiger partial charge in [-0.2, -0.15) is 0 Å². The number of carbonyl (C=O) groups is 1. The highest BCUT2D eigenvalue weighted by Gasteiger charge is 2.25. The maximum absolute atomic E-state index is 11.4. The Morgan fingerprint density at radius 1 is 1.25 bits per heavy atom. The molecule has 0 aliphatic heterocycles. The van der Waals surface area contributed by atoms with Crippen molar-refractivity contribution < 1.29 is 14.5 Å². The fourth-order valence-corrected chi connectivity index (χ4v) is 2.21. The molecule has 1 aromatic carbocycles. The van der Waals surface area contributed by atoms with Gasteiger partial charge in [0.25, 0.3) is 0 Å². The summed E-state index contributed by atoms with van der Waals surface area (Å²) in [6.45, 7) is 2.37. The number of benzene rings is 1. The number of nitrogens with zero attached hydrogens (tertiary/aromatic N) is 1. The Kier molecular flexibility index (Phi) is 8.89. The van der Waals surface area contributed by atoms with Gasteiger partial charge < -0.3 is 10.1 Å². The van der Waals surface area contributed by atoms with E-state index in [-0.39, 0.29) is 0 Å². The van der Waals surface area contributed by atoms with Crippen LogP contribution in [0.1, 0.15) is 32.6 Å². The van der Waals surface area contributed by atoms with Crippen molar-refractivity contribution in [3.8, 4) is 0 Å². The molecule has 0 spiro atoms. The van der Waals surface area contributed by atoms with Gasteiger partial charge in [0.2, 0.25) is 0 Å². The minimum atomic E-state index is -0.885. The zero-order valence-electron chi connectivity index (χ0n) is 14.2. The minimum absolute atomic E-state index is 0.444. The second-order valence-electron chi connectivity index (χ2n) is 5.34. The Labute approximate surface area is 142 Å². The topological polar surface area (TPSA) is 81.5 Å². The predicted octanol–water partition coefficient (Wildman–Crippen LogP) is 3.94. The summed E-state index contributed by atoms with van der Waals surface area (Å²) in [4.78, 5) is 21.6. The molecule has 0 saturated carbocycles. The summed E-state index contributed by atoms with van der Waals surface area (Å²) >= 11 is 0. The number of nitro groups is 1. The van der Waals surface area contributed by atoms with Crippen molar-refractivity contribution >= 4 is 11.7 Å². The average Bonchev–Trinajstić information content (AvgIpc) is 2.57. The molecule has 1 N–H and O–H groups in total. The molecule has 0 aliphatic carbocycles. The standard InChI is InChI=1S/C18H24N2O4/c1-15(17(20(22)23)18(21)24-2)11-7-4-3-5-10-14-19-16-12-8-6-9-13-16/h5-6,8-10,12-13,19H,3-4,7,11,14H2,1-2H3. The number of anilines is 1. The molecular formula is C18H24N2O4. The molecule has 0 amide bonds. The SMILES string of the molecule is COC(=O)C(=C(C)CCCCC=CCNc1ccccc1)[N+](=O)[O-]. The molecule has 0 unspecified atom stereocenters. The second-order valence-corrected chi connectivity index (χ2v) is 5.34. The van der Waals surface area contributed by atoms with Crippen LogP contribution >= 0.6 is 0 Å². The van der Waals surface area contributed by atoms with E-state index in [1.165, 1.54) is 0 Å². The highest BCUT2D eigenvalue weighted by Crippen LogP contribution is 2.15. The lowest BCUT2D eigenvalue weighted by Gasteiger charge is -2.03. The maximum atomic E-state index is 11.4. The summed E-state index contributed by atoms with van der Waals surface area (Å²) in [7, 11) is 1.15. The van der Waals surface area contributed by atoms with Gasteiger partial charge in [-0.3, -0.25) is 10.1 Å². The number of rotatable bonds is 10. The summed E-state index contributed by atoms with van der Waals surface area (Å²) in [5, 5.41) is 14.2. The van der Waals surface area contributed by atoms with Crippen molar-refractivity contribution in [1.29, 1.82) is 0 Å². The first-order valence-electron chi connectivity index (χ1n) is 7.92. The van der Waals surface area contributed by atoms with E-state index >= 15 is 0 Å². The summed E-state index contributed by atoms with van der Waals surface area (Å²) < 4.78 is 4.45. The molecule has 0 aromatic heterocycles. The normalized spacial score (nSPS) is 11.9. The van der Waals surface area contributed by atoms with E-state index in [0.29, 0.717) is 12.0 Å². The van der Waals surface area contributed by atoms with Crippen molar-refractivity contribution in [3.63, 3.8) is 0 Å². The summed E-state index contributed by atoms with van der Waals surface area (Å²) in [5.74, 6) is -0.885. The molecule has 1 aromatic rings. The van der Waals surface area contributed by atoms with Crippen LogP contribution in [0.5, 0.6) is 0 Å². The first-order valence-corrected chi connectivity index (χ1v) is 7.92. The highest BCUT2D eigenvalue weighted by atomic mass is 16.6. The van der Waals surface area contributed by atoms with Crippen LogP contribution in [0.3, 0.4) is 0 Å². The fourth-order valence-electron chi connectivity index (χ4n) is 2.21. The number of para-hydroxylation sites is 1. The molecule has 0 bridgehead atoms. The maximum Gasteiger partial charge on any atom is 0.409 e. The summed E-state index contributed by atoms with van der Waals surface area (Å²) in [5.41, 5.74) is 1.10. The molecule has 1 rings (SSSR count). The van der Waals surface area contributed by atoms with Gasteiger partial charge in [0, 0.05) is 17.8 Å². The molecule has 130 valence electrons. The number of hydrogen-bond acceptors (Lipinski definition) is 5. The van der Waals surface area contributed by atoms with Crippen LogP contribution in [0.25, 0.3) is 0 Å². The third kappa shape index (κ3) is 7.09. The van der Waals surface area contributed by atoms with Crippen molar-refractivity contribution in [3.05, 3.63) is 63.9 Å². The predicted molar refractivity (Wildman–Crippen MR) is 94.3 cm³/mol. The Bertz CT molecular complexity index is 594. The zero-order chi connectivity index (χ0) is 17.8. The van der Waals surface area contributed by atoms with Gasteiger partial charge in [0.1, 0.15) is 0 Å². The third-order valence-corrected chi connectivity index (χ3v) is 3.50. The molecule has 0 fully saturated rings. The Morgan fingerprint density at radius 3 is 2.58 bits per heavy atom. The van der Waals surface area contributed by atoms with E-state index in [9.17, 15) is 14.9 Å². The Hall–Kier alpha value is -2.63. The smallest absolute Gasteiger partial charge is 0.409 e. The number of allylic oxidation sites excluding steroid dienone is 2. The molecule has 0 radical (unpaired) electrons. The van der Waals surface area contributed by atoms with Crippen LogP contribution in [0.2, 0.25) is 0 Å². The summed E-state index contributed by atoms with van der Waals surface area (Å²) in [6, 6.07) is 9.96. The van der Waals surface area contributed by atoms with Crippen molar-refractivity contribution in [2.75, 3.05) is 19.0 Å². The number of esters is 1. The van der Waals surface area contributed by atoms with Crippen LogP contribution in [0.15, 0.2) is 53.8 Å². The molecule has 0 aliphatic rings. The van der Waals surface area contributed by atoms with E-state index in [4.69, 9.17) is 0 Å². The van der Waals surface area contributed by atoms with E-state index in [0.717, 1.165) is 38.6 Å². The number of carbonyl (C=O) groups excluding carboxylic acids is 1. The van der Waals surface area contributed by atoms with Crippen LogP contribution in [-0.2, 0) is 9.53 Å². The summed E-state index contributed by atoms with van der Waals surface area (Å²) in [6.07, 6.45) is 7.26. The number of nitrogens with one attached hydrogen (secondary N) is 1. The molecule has 6 nitrogen and oxygen atoms in total. The van der Waals surface area contributed by atoms with E-state index < -0.39 is 16.6 Å². The quantitative estimate of drug-likeness (QED) is 0.175. The molecule has 0 saturated heterocycles. The zero-order valence-corrected chi connectivity index (χ0v) is 14.2. The number of ether oxygens (including phenoxy) is 1. The van der Waals surface area contributed by atoms with E-state index in [1.807, 2.05) is 30.3 Å². The van der Waals surface area contributed by atoms with Crippen LogP contribution in [0.4, 0.5) is 5.69 Å². The van der Waals surface area contributed by atoms with Gasteiger partial charge in [-0.15, -0.1) is 0 Å². The lowest BCUT2D eigenvalue weighted by atomic mass is 10.1. The van der Waals surface area contributed by atoms with Gasteiger partial charge in [-0.25, -0.2) is 4.79 Å². The van der Waals surface area contributed by atoms with Gasteiger partial charge in [-0.05, 0) is 44.7 Å². The molecule has 0 heterocycles. The molecular weight excluding hydrogens is 308 g/mol. The second kappa shape index (κ2) is 11.0. The lowest BCUT2D eigenvalue weighted by Crippen LogP contribution is -2.15. The largest absolute Gasteiger partial charge is 0.461 e. The van der Waals surface area contributed by atoms with Gasteiger partial charge in [0.15, 0.2) is 0 Å². The van der Waals surface area contributed by atoms with Crippen LogP contribution in [0, 0.1) is 10.1 Å². The third-order valence-electron chi connectivity index (χ3n) is 3.50. The monoisotopic (exact) mass is 332 g/mol.